The highest BCUT2D eigenvalue weighted by molar-refractivity contribution is 5.78. The number of nitro groups is 1. The molecule has 0 saturated carbocycles. The van der Waals surface area contributed by atoms with Crippen molar-refractivity contribution in [2.24, 2.45) is 11.8 Å². The lowest BCUT2D eigenvalue weighted by Gasteiger charge is -2.10. The number of carbonyl (C=O) groups is 1. The number of nitrogens with one attached hydrogen (secondary N) is 3. The van der Waals surface area contributed by atoms with Gasteiger partial charge in [-0.1, -0.05) is 19.9 Å². The molecule has 0 heterocycles. The van der Waals surface area contributed by atoms with Crippen LogP contribution < -0.4 is 21.9 Å². The van der Waals surface area contributed by atoms with E-state index in [9.17, 15) is 14.9 Å². The maximum absolute atomic E-state index is 11.6. The molecule has 1 amide bonds. The minimum atomic E-state index is -0.517. The molecule has 116 valence electrons. The van der Waals surface area contributed by atoms with Gasteiger partial charge < -0.3 is 16.1 Å². The predicted octanol–water partition coefficient (Wildman–Crippen LogP) is 1.45. The molecule has 0 aromatic heterocycles. The van der Waals surface area contributed by atoms with Crippen molar-refractivity contribution < 1.29 is 9.72 Å². The van der Waals surface area contributed by atoms with Crippen molar-refractivity contribution in [2.75, 3.05) is 23.8 Å². The van der Waals surface area contributed by atoms with Crippen molar-refractivity contribution >= 4 is 23.0 Å². The number of carbonyl (C=O) groups excluding carboxylic acids is 1. The lowest BCUT2D eigenvalue weighted by atomic mass is 10.2. The van der Waals surface area contributed by atoms with E-state index in [4.69, 9.17) is 5.84 Å². The SMILES string of the molecule is CC(C)CNC(=O)CCNc1cccc(NN)c1[N+](=O)[O-]. The van der Waals surface area contributed by atoms with Crippen LogP contribution in [-0.4, -0.2) is 23.9 Å². The fourth-order valence-electron chi connectivity index (χ4n) is 1.72. The van der Waals surface area contributed by atoms with Crippen LogP contribution in [0.25, 0.3) is 0 Å². The van der Waals surface area contributed by atoms with Gasteiger partial charge in [-0.3, -0.25) is 20.8 Å². The van der Waals surface area contributed by atoms with E-state index in [2.05, 4.69) is 16.1 Å². The molecular weight excluding hydrogens is 274 g/mol. The van der Waals surface area contributed by atoms with Gasteiger partial charge in [-0.2, -0.15) is 0 Å². The first kappa shape index (κ1) is 16.7. The van der Waals surface area contributed by atoms with Gasteiger partial charge in [0.1, 0.15) is 11.4 Å². The first-order valence-corrected chi connectivity index (χ1v) is 6.70. The summed E-state index contributed by atoms with van der Waals surface area (Å²) in [4.78, 5) is 22.1. The fourth-order valence-corrected chi connectivity index (χ4v) is 1.72. The molecule has 21 heavy (non-hydrogen) atoms. The highest BCUT2D eigenvalue weighted by Crippen LogP contribution is 2.31. The predicted molar refractivity (Wildman–Crippen MR) is 81.9 cm³/mol. The summed E-state index contributed by atoms with van der Waals surface area (Å²) in [6.07, 6.45) is 0.240. The number of hydrazine groups is 1. The number of nitrogens with zero attached hydrogens (tertiary/aromatic N) is 1. The number of nitrogen functional groups attached to an aromatic ring is 1. The van der Waals surface area contributed by atoms with Crippen molar-refractivity contribution in [2.45, 2.75) is 20.3 Å². The zero-order chi connectivity index (χ0) is 15.8. The van der Waals surface area contributed by atoms with Gasteiger partial charge in [-0.25, -0.2) is 0 Å². The number of amides is 1. The Morgan fingerprint density at radius 1 is 1.38 bits per heavy atom. The third-order valence-corrected chi connectivity index (χ3v) is 2.75. The highest BCUT2D eigenvalue weighted by atomic mass is 16.6. The molecule has 0 unspecified atom stereocenters. The number of hydrogen-bond acceptors (Lipinski definition) is 6. The molecule has 1 aromatic rings. The summed E-state index contributed by atoms with van der Waals surface area (Å²) < 4.78 is 0. The summed E-state index contributed by atoms with van der Waals surface area (Å²) in [5, 5.41) is 16.7. The van der Waals surface area contributed by atoms with Gasteiger partial charge >= 0.3 is 5.69 Å². The Morgan fingerprint density at radius 3 is 2.62 bits per heavy atom. The second-order valence-corrected chi connectivity index (χ2v) is 4.98. The van der Waals surface area contributed by atoms with Crippen LogP contribution in [-0.2, 0) is 4.79 Å². The number of anilines is 2. The average Bonchev–Trinajstić information content (AvgIpc) is 2.44. The quantitative estimate of drug-likeness (QED) is 0.327. The van der Waals surface area contributed by atoms with Crippen molar-refractivity contribution in [3.05, 3.63) is 28.3 Å². The Labute approximate surface area is 123 Å². The Balaban J connectivity index is 2.60. The molecule has 5 N–H and O–H groups in total. The summed E-state index contributed by atoms with van der Waals surface area (Å²) in [6.45, 7) is 4.94. The van der Waals surface area contributed by atoms with Crippen molar-refractivity contribution in [3.63, 3.8) is 0 Å². The molecule has 0 spiro atoms. The Bertz CT molecular complexity index is 505. The number of hydrogen-bond donors (Lipinski definition) is 4. The Hall–Kier alpha value is -2.35. The molecule has 0 radical (unpaired) electrons. The lowest BCUT2D eigenvalue weighted by Crippen LogP contribution is -2.28. The van der Waals surface area contributed by atoms with Gasteiger partial charge in [0.25, 0.3) is 0 Å². The summed E-state index contributed by atoms with van der Waals surface area (Å²) in [7, 11) is 0. The lowest BCUT2D eigenvalue weighted by molar-refractivity contribution is -0.383. The minimum Gasteiger partial charge on any atom is -0.379 e. The van der Waals surface area contributed by atoms with Gasteiger partial charge in [0.05, 0.1) is 4.92 Å². The minimum absolute atomic E-state index is 0.0908. The highest BCUT2D eigenvalue weighted by Gasteiger charge is 2.18. The van der Waals surface area contributed by atoms with Crippen LogP contribution >= 0.6 is 0 Å². The molecular formula is C13H21N5O3. The van der Waals surface area contributed by atoms with E-state index in [1.54, 1.807) is 12.1 Å². The van der Waals surface area contributed by atoms with Gasteiger partial charge in [0.15, 0.2) is 0 Å². The van der Waals surface area contributed by atoms with Gasteiger partial charge in [-0.05, 0) is 18.1 Å². The van der Waals surface area contributed by atoms with E-state index < -0.39 is 4.92 Å². The van der Waals surface area contributed by atoms with Gasteiger partial charge in [0.2, 0.25) is 5.91 Å². The van der Waals surface area contributed by atoms with E-state index in [1.165, 1.54) is 6.07 Å². The molecule has 0 aliphatic rings. The molecule has 0 saturated heterocycles. The van der Waals surface area contributed by atoms with E-state index in [0.29, 0.717) is 24.7 Å². The molecule has 0 atom stereocenters. The van der Waals surface area contributed by atoms with E-state index in [1.807, 2.05) is 13.8 Å². The van der Waals surface area contributed by atoms with Crippen LogP contribution in [0.5, 0.6) is 0 Å². The summed E-state index contributed by atoms with van der Waals surface area (Å²) in [6, 6.07) is 4.73. The maximum atomic E-state index is 11.6. The van der Waals surface area contributed by atoms with E-state index in [-0.39, 0.29) is 23.7 Å². The van der Waals surface area contributed by atoms with Crippen molar-refractivity contribution in [1.82, 2.24) is 5.32 Å². The first-order chi connectivity index (χ1) is 9.95. The molecule has 0 aliphatic heterocycles. The molecule has 0 aliphatic carbocycles. The van der Waals surface area contributed by atoms with Crippen LogP contribution in [0.3, 0.4) is 0 Å². The van der Waals surface area contributed by atoms with Crippen molar-refractivity contribution in [1.29, 1.82) is 0 Å². The van der Waals surface area contributed by atoms with Crippen LogP contribution in [0.1, 0.15) is 20.3 Å². The Kier molecular flexibility index (Phi) is 6.41. The molecule has 1 rings (SSSR count). The summed E-state index contributed by atoms with van der Waals surface area (Å²) in [5.41, 5.74) is 2.69. The van der Waals surface area contributed by atoms with E-state index >= 15 is 0 Å². The second-order valence-electron chi connectivity index (χ2n) is 4.98. The maximum Gasteiger partial charge on any atom is 0.316 e. The van der Waals surface area contributed by atoms with E-state index in [0.717, 1.165) is 0 Å². The summed E-state index contributed by atoms with van der Waals surface area (Å²) in [5.74, 6) is 5.55. The van der Waals surface area contributed by atoms with Gasteiger partial charge in [0, 0.05) is 19.5 Å². The number of para-hydroxylation sites is 1. The number of nitrogens with two attached hydrogens (primary N) is 1. The smallest absolute Gasteiger partial charge is 0.316 e. The molecule has 8 heteroatoms. The average molecular weight is 295 g/mol. The van der Waals surface area contributed by atoms with Crippen LogP contribution in [0.2, 0.25) is 0 Å². The van der Waals surface area contributed by atoms with Crippen LogP contribution in [0, 0.1) is 16.0 Å². The first-order valence-electron chi connectivity index (χ1n) is 6.70. The normalized spacial score (nSPS) is 10.3. The van der Waals surface area contributed by atoms with Crippen LogP contribution in [0.4, 0.5) is 17.1 Å². The molecule has 0 bridgehead atoms. The number of benzene rings is 1. The van der Waals surface area contributed by atoms with Crippen molar-refractivity contribution in [3.8, 4) is 0 Å². The fraction of sp³-hybridized carbons (Fsp3) is 0.462. The zero-order valence-electron chi connectivity index (χ0n) is 12.2. The van der Waals surface area contributed by atoms with Gasteiger partial charge in [-0.15, -0.1) is 0 Å². The third-order valence-electron chi connectivity index (χ3n) is 2.75. The third kappa shape index (κ3) is 5.27. The number of nitro benzene ring substituents is 1. The Morgan fingerprint density at radius 2 is 2.05 bits per heavy atom. The summed E-state index contributed by atoms with van der Waals surface area (Å²) >= 11 is 0. The zero-order valence-corrected chi connectivity index (χ0v) is 12.2. The second kappa shape index (κ2) is 8.05. The molecule has 0 fully saturated rings. The molecule has 1 aromatic carbocycles. The standard InChI is InChI=1S/C13H21N5O3/c1-9(2)8-16-12(19)6-7-15-10-4-3-5-11(17-14)13(10)18(20)21/h3-5,9,15,17H,6-8,14H2,1-2H3,(H,16,19). The van der Waals surface area contributed by atoms with Crippen LogP contribution in [0.15, 0.2) is 18.2 Å². The molecule has 8 nitrogen and oxygen atoms in total. The largest absolute Gasteiger partial charge is 0.379 e. The topological polar surface area (TPSA) is 122 Å². The monoisotopic (exact) mass is 295 g/mol. The number of rotatable bonds is 8.